The van der Waals surface area contributed by atoms with Gasteiger partial charge in [-0.2, -0.15) is 0 Å². The molecule has 0 bridgehead atoms. The zero-order valence-corrected chi connectivity index (χ0v) is 5.77. The van der Waals surface area contributed by atoms with Crippen molar-refractivity contribution in [1.29, 1.82) is 0 Å². The van der Waals surface area contributed by atoms with E-state index in [-0.39, 0.29) is 0 Å². The summed E-state index contributed by atoms with van der Waals surface area (Å²) in [4.78, 5) is 8.36. The number of hydrogen-bond acceptors (Lipinski definition) is 8. The third kappa shape index (κ3) is 1850. The maximum absolute atomic E-state index is 8.36. The first-order valence-corrected chi connectivity index (χ1v) is 4.25. The Labute approximate surface area is 59.1 Å². The quantitative estimate of drug-likeness (QED) is 0.160. The van der Waals surface area contributed by atoms with E-state index in [1.165, 1.54) is 0 Å². The SMILES string of the molecule is O=[N+]([O-])O.[OH][Co]([OH])([OH])([OH])([OH])[OH]. The van der Waals surface area contributed by atoms with Crippen LogP contribution >= 0.6 is 0 Å². The third-order valence-electron chi connectivity index (χ3n) is 0. The Morgan fingerprint density at radius 3 is 1.00 bits per heavy atom. The van der Waals surface area contributed by atoms with Gasteiger partial charge in [0, 0.05) is 0 Å². The van der Waals surface area contributed by atoms with Crippen LogP contribution in [0.3, 0.4) is 0 Å². The monoisotopic (exact) mass is 224 g/mol. The zero-order valence-electron chi connectivity index (χ0n) is 4.73. The molecule has 0 aromatic heterocycles. The molecule has 0 rings (SSSR count). The van der Waals surface area contributed by atoms with Crippen molar-refractivity contribution < 1.29 is 48.1 Å². The van der Waals surface area contributed by atoms with E-state index in [1.54, 1.807) is 0 Å². The van der Waals surface area contributed by atoms with E-state index in [0.717, 1.165) is 0 Å². The van der Waals surface area contributed by atoms with Crippen LogP contribution in [0.1, 0.15) is 0 Å². The molecule has 0 aromatic rings. The first-order chi connectivity index (χ1) is 4.18. The van der Waals surface area contributed by atoms with Crippen molar-refractivity contribution in [2.75, 3.05) is 0 Å². The summed E-state index contributed by atoms with van der Waals surface area (Å²) in [5.41, 5.74) is 0. The molecule has 75 valence electrons. The Morgan fingerprint density at radius 1 is 1.00 bits per heavy atom. The van der Waals surface area contributed by atoms with Crippen LogP contribution in [0.15, 0.2) is 0 Å². The molecule has 0 spiro atoms. The van der Waals surface area contributed by atoms with Crippen LogP contribution in [0, 0.1) is 10.1 Å². The second-order valence-electron chi connectivity index (χ2n) is 1.24. The number of rotatable bonds is 0. The fraction of sp³-hybridized carbons (Fsp3) is 0. The van der Waals surface area contributed by atoms with Crippen LogP contribution in [0.2, 0.25) is 0 Å². The summed E-state index contributed by atoms with van der Waals surface area (Å²) in [6.45, 7) is 0. The van der Waals surface area contributed by atoms with Crippen molar-refractivity contribution in [2.45, 2.75) is 0 Å². The first-order valence-electron chi connectivity index (χ1n) is 1.46. The minimum atomic E-state index is -7.65. The van der Waals surface area contributed by atoms with E-state index in [2.05, 4.69) is 0 Å². The van der Waals surface area contributed by atoms with Gasteiger partial charge in [0.05, 0.1) is 0 Å². The van der Waals surface area contributed by atoms with Gasteiger partial charge < -0.3 is 5.21 Å². The van der Waals surface area contributed by atoms with Gasteiger partial charge in [-0.3, -0.25) is 0 Å². The predicted octanol–water partition coefficient (Wildman–Crippen LogP) is -3.69. The Bertz CT molecular complexity index is 127. The molecule has 0 amide bonds. The van der Waals surface area contributed by atoms with Gasteiger partial charge in [0.1, 0.15) is 0 Å². The topological polar surface area (TPSA) is 185 Å². The summed E-state index contributed by atoms with van der Waals surface area (Å²) in [7, 11) is 0. The van der Waals surface area contributed by atoms with Crippen molar-refractivity contribution in [3.05, 3.63) is 10.1 Å². The van der Waals surface area contributed by atoms with E-state index in [9.17, 15) is 0 Å². The molecule has 0 radical (unpaired) electrons. The molecule has 0 heterocycles. The van der Waals surface area contributed by atoms with Gasteiger partial charge in [0.25, 0.3) is 5.09 Å². The molecule has 0 atom stereocenters. The summed E-state index contributed by atoms with van der Waals surface area (Å²) < 4.78 is 44.2. The Hall–Kier alpha value is -0.534. The molecule has 11 heavy (non-hydrogen) atoms. The molecule has 0 unspecified atom stereocenters. The number of hydrogen-bond donors (Lipinski definition) is 7. The van der Waals surface area contributed by atoms with Gasteiger partial charge in [-0.1, -0.05) is 0 Å². The van der Waals surface area contributed by atoms with Crippen LogP contribution in [0.25, 0.3) is 0 Å². The Kier molecular flexibility index (Phi) is 2.65. The molecular formula is H7CoNO9. The van der Waals surface area contributed by atoms with Gasteiger partial charge in [-0.05, 0) is 0 Å². The van der Waals surface area contributed by atoms with E-state index in [0.29, 0.717) is 0 Å². The van der Waals surface area contributed by atoms with Crippen LogP contribution in [-0.2, 0) is 12.5 Å². The summed E-state index contributed by atoms with van der Waals surface area (Å²) in [6.07, 6.45) is 0. The zero-order chi connectivity index (χ0) is 9.99. The summed E-state index contributed by atoms with van der Waals surface area (Å²) in [5, 5.41) is 13.6. The van der Waals surface area contributed by atoms with Gasteiger partial charge >= 0.3 is 37.8 Å². The second kappa shape index (κ2) is 2.22. The molecule has 0 saturated heterocycles. The Balaban J connectivity index is 0. The fourth-order valence-electron chi connectivity index (χ4n) is 0. The minimum absolute atomic E-state index is 1.50. The van der Waals surface area contributed by atoms with Crippen molar-refractivity contribution >= 4 is 0 Å². The van der Waals surface area contributed by atoms with Gasteiger partial charge in [-0.15, -0.1) is 10.1 Å². The molecule has 11 heteroatoms. The van der Waals surface area contributed by atoms with Crippen LogP contribution < -0.4 is 0 Å². The van der Waals surface area contributed by atoms with E-state index in [1.807, 2.05) is 0 Å². The molecule has 0 saturated carbocycles. The van der Waals surface area contributed by atoms with Crippen LogP contribution in [0.4, 0.5) is 0 Å². The van der Waals surface area contributed by atoms with Crippen LogP contribution in [0.5, 0.6) is 0 Å². The fourth-order valence-corrected chi connectivity index (χ4v) is 0. The summed E-state index contributed by atoms with van der Waals surface area (Å²) >= 11 is -7.65. The third-order valence-corrected chi connectivity index (χ3v) is 0. The number of nitrogens with zero attached hydrogens (tertiary/aromatic N) is 1. The summed E-state index contributed by atoms with van der Waals surface area (Å²) in [6, 6.07) is 0. The molecule has 7 N–H and O–H groups in total. The van der Waals surface area contributed by atoms with Crippen molar-refractivity contribution in [1.82, 2.24) is 0 Å². The molecule has 0 aliphatic carbocycles. The van der Waals surface area contributed by atoms with E-state index >= 15 is 0 Å². The predicted molar refractivity (Wildman–Crippen MR) is 22.1 cm³/mol. The van der Waals surface area contributed by atoms with Crippen molar-refractivity contribution in [2.24, 2.45) is 0 Å². The van der Waals surface area contributed by atoms with E-state index in [4.69, 9.17) is 40.6 Å². The van der Waals surface area contributed by atoms with Crippen LogP contribution in [-0.4, -0.2) is 35.6 Å². The molecule has 0 aromatic carbocycles. The molecule has 0 aliphatic rings. The standard InChI is InChI=1S/Co.HNO3.6H2O/c;2-1(3)4;;;;;;/h;(H,2,3,4);6*1H2/q+6;;;;;;;/p-6. The molecular weight excluding hydrogens is 217 g/mol. The second-order valence-corrected chi connectivity index (χ2v) is 4.36. The van der Waals surface area contributed by atoms with Crippen molar-refractivity contribution in [3.63, 3.8) is 0 Å². The first kappa shape index (κ1) is 13.1. The molecule has 10 nitrogen and oxygen atoms in total. The maximum atomic E-state index is 8.36. The van der Waals surface area contributed by atoms with Gasteiger partial charge in [0.15, 0.2) is 0 Å². The van der Waals surface area contributed by atoms with E-state index < -0.39 is 17.6 Å². The molecule has 0 aliphatic heterocycles. The Morgan fingerprint density at radius 2 is 1.00 bits per heavy atom. The summed E-state index contributed by atoms with van der Waals surface area (Å²) in [5.74, 6) is 0. The molecule has 0 fully saturated rings. The average molecular weight is 224 g/mol. The van der Waals surface area contributed by atoms with Crippen molar-refractivity contribution in [3.8, 4) is 0 Å². The average Bonchev–Trinajstić information content (AvgIpc) is 1.11. The van der Waals surface area contributed by atoms with Gasteiger partial charge in [0.2, 0.25) is 0 Å². The normalized spacial score (nSPS) is 16.9. The van der Waals surface area contributed by atoms with Gasteiger partial charge in [-0.25, -0.2) is 0 Å².